The Bertz CT molecular complexity index is 723. The monoisotopic (exact) mass is 500 g/mol. The van der Waals surface area contributed by atoms with Gasteiger partial charge in [0.1, 0.15) is 5.75 Å². The van der Waals surface area contributed by atoms with Gasteiger partial charge in [-0.05, 0) is 30.0 Å². The first-order valence-corrected chi connectivity index (χ1v) is 9.97. The van der Waals surface area contributed by atoms with Crippen LogP contribution in [-0.4, -0.2) is 45.8 Å². The van der Waals surface area contributed by atoms with Crippen LogP contribution in [0.25, 0.3) is 0 Å². The normalized spacial score (nSPS) is 18.0. The summed E-state index contributed by atoms with van der Waals surface area (Å²) in [5.41, 5.74) is 1.16. The first-order valence-electron chi connectivity index (χ1n) is 9.09. The van der Waals surface area contributed by atoms with E-state index < -0.39 is 0 Å². The van der Waals surface area contributed by atoms with Gasteiger partial charge in [-0.1, -0.05) is 25.1 Å². The third kappa shape index (κ3) is 5.75. The minimum atomic E-state index is 0. The van der Waals surface area contributed by atoms with Crippen molar-refractivity contribution < 1.29 is 4.74 Å². The number of benzene rings is 1. The molecule has 0 radical (unpaired) electrons. The van der Waals surface area contributed by atoms with E-state index in [0.717, 1.165) is 43.5 Å². The van der Waals surface area contributed by atoms with Gasteiger partial charge in [-0.25, -0.2) is 0 Å². The number of anilines is 1. The minimum Gasteiger partial charge on any atom is -0.495 e. The van der Waals surface area contributed by atoms with Crippen molar-refractivity contribution in [2.24, 2.45) is 4.99 Å². The van der Waals surface area contributed by atoms with Gasteiger partial charge >= 0.3 is 0 Å². The lowest BCUT2D eigenvalue weighted by atomic mass is 10.1. The van der Waals surface area contributed by atoms with Crippen LogP contribution in [0.4, 0.5) is 5.69 Å². The van der Waals surface area contributed by atoms with Crippen molar-refractivity contribution in [3.8, 4) is 5.75 Å². The molecule has 2 aromatic rings. The molecule has 2 heterocycles. The van der Waals surface area contributed by atoms with Gasteiger partial charge in [0.05, 0.1) is 12.8 Å². The zero-order chi connectivity index (χ0) is 18.4. The van der Waals surface area contributed by atoms with E-state index >= 15 is 0 Å². The second-order valence-electron chi connectivity index (χ2n) is 6.62. The van der Waals surface area contributed by atoms with Crippen molar-refractivity contribution in [3.05, 3.63) is 46.7 Å². The molecular formula is C20H29IN4OS. The van der Waals surface area contributed by atoms with E-state index in [1.807, 2.05) is 19.2 Å². The van der Waals surface area contributed by atoms with E-state index in [9.17, 15) is 0 Å². The van der Waals surface area contributed by atoms with E-state index in [4.69, 9.17) is 4.74 Å². The highest BCUT2D eigenvalue weighted by Crippen LogP contribution is 2.30. The Morgan fingerprint density at radius 1 is 1.33 bits per heavy atom. The van der Waals surface area contributed by atoms with E-state index in [1.54, 1.807) is 18.4 Å². The standard InChI is InChI=1S/C20H28N4OS.HI/c1-15(19-9-6-12-26-19)13-22-20(21-2)23-16-10-11-24(14-16)17-7-4-5-8-18(17)25-3;/h4-9,12,15-16H,10-11,13-14H2,1-3H3,(H2,21,22,23);1H. The van der Waals surface area contributed by atoms with Crippen LogP contribution in [0.5, 0.6) is 5.75 Å². The van der Waals surface area contributed by atoms with Crippen LogP contribution in [0.2, 0.25) is 0 Å². The average molecular weight is 500 g/mol. The number of guanidine groups is 1. The SMILES string of the molecule is CN=C(NCC(C)c1cccs1)NC1CCN(c2ccccc2OC)C1.I. The molecule has 7 heteroatoms. The first kappa shape index (κ1) is 21.8. The highest BCUT2D eigenvalue weighted by Gasteiger charge is 2.25. The molecule has 1 aliphatic heterocycles. The molecule has 0 aliphatic carbocycles. The number of aliphatic imine (C=N–C) groups is 1. The van der Waals surface area contributed by atoms with Crippen LogP contribution in [-0.2, 0) is 0 Å². The molecule has 1 saturated heterocycles. The van der Waals surface area contributed by atoms with Crippen LogP contribution in [0.15, 0.2) is 46.8 Å². The van der Waals surface area contributed by atoms with Gasteiger partial charge in [-0.15, -0.1) is 35.3 Å². The zero-order valence-corrected chi connectivity index (χ0v) is 19.3. The molecule has 2 N–H and O–H groups in total. The summed E-state index contributed by atoms with van der Waals surface area (Å²) in [5, 5.41) is 9.16. The molecule has 0 spiro atoms. The molecule has 27 heavy (non-hydrogen) atoms. The quantitative estimate of drug-likeness (QED) is 0.359. The molecule has 0 amide bonds. The molecule has 0 bridgehead atoms. The predicted octanol–water partition coefficient (Wildman–Crippen LogP) is 3.92. The fourth-order valence-corrected chi connectivity index (χ4v) is 4.08. The number of halogens is 1. The van der Waals surface area contributed by atoms with Crippen LogP contribution in [0.3, 0.4) is 0 Å². The van der Waals surface area contributed by atoms with Gasteiger partial charge in [-0.2, -0.15) is 0 Å². The molecule has 0 saturated carbocycles. The number of nitrogens with zero attached hydrogens (tertiary/aromatic N) is 2. The third-order valence-corrected chi connectivity index (χ3v) is 5.89. The Hall–Kier alpha value is -1.48. The maximum Gasteiger partial charge on any atom is 0.191 e. The fourth-order valence-electron chi connectivity index (χ4n) is 3.30. The Balaban J connectivity index is 0.00000261. The number of methoxy groups -OCH3 is 1. The van der Waals surface area contributed by atoms with E-state index in [-0.39, 0.29) is 24.0 Å². The number of hydrogen-bond donors (Lipinski definition) is 2. The molecule has 1 fully saturated rings. The Morgan fingerprint density at radius 2 is 2.15 bits per heavy atom. The van der Waals surface area contributed by atoms with Crippen molar-refractivity contribution >= 4 is 47.0 Å². The van der Waals surface area contributed by atoms with Crippen LogP contribution >= 0.6 is 35.3 Å². The first-order chi connectivity index (χ1) is 12.7. The van der Waals surface area contributed by atoms with Crippen LogP contribution in [0.1, 0.15) is 24.1 Å². The summed E-state index contributed by atoms with van der Waals surface area (Å²) in [6, 6.07) is 12.9. The summed E-state index contributed by atoms with van der Waals surface area (Å²) in [4.78, 5) is 8.16. The number of ether oxygens (including phenoxy) is 1. The van der Waals surface area contributed by atoms with Crippen molar-refractivity contribution in [1.82, 2.24) is 10.6 Å². The van der Waals surface area contributed by atoms with Crippen LogP contribution in [0, 0.1) is 0 Å². The number of thiophene rings is 1. The molecule has 2 unspecified atom stereocenters. The Labute approximate surface area is 183 Å². The lowest BCUT2D eigenvalue weighted by molar-refractivity contribution is 0.415. The lowest BCUT2D eigenvalue weighted by Gasteiger charge is -2.22. The third-order valence-electron chi connectivity index (χ3n) is 4.78. The fraction of sp³-hybridized carbons (Fsp3) is 0.450. The average Bonchev–Trinajstić information content (AvgIpc) is 3.36. The van der Waals surface area contributed by atoms with Gasteiger partial charge in [0.15, 0.2) is 5.96 Å². The molecule has 3 rings (SSSR count). The molecule has 1 aromatic heterocycles. The van der Waals surface area contributed by atoms with Gasteiger partial charge in [0.25, 0.3) is 0 Å². The lowest BCUT2D eigenvalue weighted by Crippen LogP contribution is -2.45. The zero-order valence-electron chi connectivity index (χ0n) is 16.1. The molecular weight excluding hydrogens is 471 g/mol. The Kier molecular flexibility index (Phi) is 8.69. The summed E-state index contributed by atoms with van der Waals surface area (Å²) in [6.45, 7) is 5.08. The van der Waals surface area contributed by atoms with Crippen molar-refractivity contribution in [2.45, 2.75) is 25.3 Å². The molecule has 1 aromatic carbocycles. The van der Waals surface area contributed by atoms with Gasteiger partial charge in [-0.3, -0.25) is 4.99 Å². The van der Waals surface area contributed by atoms with E-state index in [2.05, 4.69) is 57.1 Å². The molecule has 2 atom stereocenters. The topological polar surface area (TPSA) is 48.9 Å². The maximum atomic E-state index is 5.50. The number of para-hydroxylation sites is 2. The summed E-state index contributed by atoms with van der Waals surface area (Å²) >= 11 is 1.81. The Morgan fingerprint density at radius 3 is 2.85 bits per heavy atom. The van der Waals surface area contributed by atoms with Gasteiger partial charge in [0.2, 0.25) is 0 Å². The maximum absolute atomic E-state index is 5.50. The molecule has 1 aliphatic rings. The summed E-state index contributed by atoms with van der Waals surface area (Å²) in [7, 11) is 3.56. The van der Waals surface area contributed by atoms with Gasteiger partial charge < -0.3 is 20.3 Å². The van der Waals surface area contributed by atoms with E-state index in [0.29, 0.717) is 12.0 Å². The number of rotatable bonds is 6. The smallest absolute Gasteiger partial charge is 0.191 e. The largest absolute Gasteiger partial charge is 0.495 e. The second-order valence-corrected chi connectivity index (χ2v) is 7.60. The number of hydrogen-bond acceptors (Lipinski definition) is 4. The summed E-state index contributed by atoms with van der Waals surface area (Å²) < 4.78 is 5.50. The highest BCUT2D eigenvalue weighted by molar-refractivity contribution is 14.0. The van der Waals surface area contributed by atoms with Gasteiger partial charge in [0, 0.05) is 43.5 Å². The predicted molar refractivity (Wildman–Crippen MR) is 126 cm³/mol. The summed E-state index contributed by atoms with van der Waals surface area (Å²) in [5.74, 6) is 2.28. The minimum absolute atomic E-state index is 0. The second kappa shape index (κ2) is 10.8. The summed E-state index contributed by atoms with van der Waals surface area (Å²) in [6.07, 6.45) is 1.08. The number of nitrogens with one attached hydrogen (secondary N) is 2. The molecule has 148 valence electrons. The highest BCUT2D eigenvalue weighted by atomic mass is 127. The van der Waals surface area contributed by atoms with Crippen molar-refractivity contribution in [3.63, 3.8) is 0 Å². The van der Waals surface area contributed by atoms with Crippen molar-refractivity contribution in [2.75, 3.05) is 38.7 Å². The molecule has 5 nitrogen and oxygen atoms in total. The van der Waals surface area contributed by atoms with E-state index in [1.165, 1.54) is 4.88 Å². The van der Waals surface area contributed by atoms with Crippen LogP contribution < -0.4 is 20.3 Å². The van der Waals surface area contributed by atoms with Crippen molar-refractivity contribution in [1.29, 1.82) is 0 Å².